The average molecular weight is 207 g/mol. The van der Waals surface area contributed by atoms with Crippen LogP contribution in [0.25, 0.3) is 0 Å². The van der Waals surface area contributed by atoms with Gasteiger partial charge in [-0.15, -0.1) is 0 Å². The third-order valence-corrected chi connectivity index (χ3v) is 3.75. The third kappa shape index (κ3) is 2.63. The molecule has 0 spiro atoms. The Hall–Kier alpha value is -0.170. The van der Waals surface area contributed by atoms with Crippen molar-refractivity contribution in [1.82, 2.24) is 9.21 Å². The van der Waals surface area contributed by atoms with E-state index in [4.69, 9.17) is 5.73 Å². The molecule has 0 bridgehead atoms. The molecule has 0 aromatic rings. The highest BCUT2D eigenvalue weighted by atomic mass is 32.2. The number of rotatable bonds is 2. The fraction of sp³-hybridized carbons (Fsp3) is 1.00. The highest BCUT2D eigenvalue weighted by molar-refractivity contribution is 7.88. The van der Waals surface area contributed by atoms with Crippen LogP contribution in [0.4, 0.5) is 0 Å². The van der Waals surface area contributed by atoms with Gasteiger partial charge in [0.15, 0.2) is 0 Å². The number of sulfonamides is 1. The summed E-state index contributed by atoms with van der Waals surface area (Å²) in [6, 6.07) is 0.156. The Labute approximate surface area is 79.5 Å². The molecule has 6 heteroatoms. The molecule has 0 radical (unpaired) electrons. The maximum atomic E-state index is 11.2. The van der Waals surface area contributed by atoms with E-state index in [0.717, 1.165) is 6.54 Å². The van der Waals surface area contributed by atoms with Crippen molar-refractivity contribution in [1.29, 1.82) is 0 Å². The largest absolute Gasteiger partial charge is 0.329 e. The van der Waals surface area contributed by atoms with E-state index < -0.39 is 10.0 Å². The number of nitrogens with zero attached hydrogens (tertiary/aromatic N) is 2. The summed E-state index contributed by atoms with van der Waals surface area (Å²) in [5, 5.41) is 0. The molecule has 1 rings (SSSR count). The summed E-state index contributed by atoms with van der Waals surface area (Å²) in [5.41, 5.74) is 5.54. The average Bonchev–Trinajstić information content (AvgIpc) is 2.03. The van der Waals surface area contributed by atoms with E-state index in [2.05, 4.69) is 4.90 Å². The zero-order valence-corrected chi connectivity index (χ0v) is 8.92. The van der Waals surface area contributed by atoms with E-state index in [1.54, 1.807) is 0 Å². The van der Waals surface area contributed by atoms with Crippen LogP contribution in [-0.2, 0) is 10.0 Å². The van der Waals surface area contributed by atoms with Crippen LogP contribution in [0.5, 0.6) is 0 Å². The molecule has 1 unspecified atom stereocenters. The molecule has 0 amide bonds. The fourth-order valence-corrected chi connectivity index (χ4v) is 2.33. The second kappa shape index (κ2) is 3.91. The van der Waals surface area contributed by atoms with E-state index in [-0.39, 0.29) is 6.04 Å². The van der Waals surface area contributed by atoms with Gasteiger partial charge in [0.25, 0.3) is 0 Å². The van der Waals surface area contributed by atoms with Gasteiger partial charge in [0.1, 0.15) is 0 Å². The lowest BCUT2D eigenvalue weighted by Crippen LogP contribution is -2.55. The SMILES string of the molecule is CN1CCN(S(C)(=O)=O)CC1CN. The highest BCUT2D eigenvalue weighted by Crippen LogP contribution is 2.09. The lowest BCUT2D eigenvalue weighted by Gasteiger charge is -2.37. The number of hydrogen-bond donors (Lipinski definition) is 1. The molecule has 0 aliphatic carbocycles. The Morgan fingerprint density at radius 1 is 1.46 bits per heavy atom. The highest BCUT2D eigenvalue weighted by Gasteiger charge is 2.27. The van der Waals surface area contributed by atoms with Crippen LogP contribution in [0.2, 0.25) is 0 Å². The number of nitrogens with two attached hydrogens (primary N) is 1. The summed E-state index contributed by atoms with van der Waals surface area (Å²) < 4.78 is 23.9. The first-order valence-electron chi connectivity index (χ1n) is 4.30. The normalized spacial score (nSPS) is 27.8. The van der Waals surface area contributed by atoms with Gasteiger partial charge in [0, 0.05) is 32.2 Å². The van der Waals surface area contributed by atoms with Crippen LogP contribution in [0.15, 0.2) is 0 Å². The van der Waals surface area contributed by atoms with Crippen LogP contribution in [0.1, 0.15) is 0 Å². The van der Waals surface area contributed by atoms with E-state index in [1.807, 2.05) is 7.05 Å². The first-order chi connectivity index (χ1) is 5.95. The monoisotopic (exact) mass is 207 g/mol. The quantitative estimate of drug-likeness (QED) is 0.600. The Morgan fingerprint density at radius 3 is 2.54 bits per heavy atom. The van der Waals surface area contributed by atoms with Crippen LogP contribution in [0, 0.1) is 0 Å². The van der Waals surface area contributed by atoms with Gasteiger partial charge in [0.05, 0.1) is 6.26 Å². The summed E-state index contributed by atoms with van der Waals surface area (Å²) in [5.74, 6) is 0. The third-order valence-electron chi connectivity index (χ3n) is 2.48. The summed E-state index contributed by atoms with van der Waals surface area (Å²) in [6.45, 7) is 2.36. The van der Waals surface area contributed by atoms with Crippen LogP contribution in [0.3, 0.4) is 0 Å². The van der Waals surface area contributed by atoms with Gasteiger partial charge < -0.3 is 5.73 Å². The molecule has 1 saturated heterocycles. The Balaban J connectivity index is 2.65. The summed E-state index contributed by atoms with van der Waals surface area (Å²) >= 11 is 0. The molecule has 1 aliphatic rings. The standard InChI is InChI=1S/C7H17N3O2S/c1-9-3-4-10(13(2,11)12)6-7(9)5-8/h7H,3-6,8H2,1-2H3. The molecule has 5 nitrogen and oxygen atoms in total. The molecular weight excluding hydrogens is 190 g/mol. The Bertz CT molecular complexity index is 265. The minimum absolute atomic E-state index is 0.156. The topological polar surface area (TPSA) is 66.6 Å². The Morgan fingerprint density at radius 2 is 2.08 bits per heavy atom. The molecule has 1 fully saturated rings. The molecule has 1 heterocycles. The molecular formula is C7H17N3O2S. The lowest BCUT2D eigenvalue weighted by molar-refractivity contribution is 0.153. The van der Waals surface area contributed by atoms with Gasteiger partial charge in [0.2, 0.25) is 10.0 Å². The zero-order chi connectivity index (χ0) is 10.1. The second-order valence-electron chi connectivity index (χ2n) is 3.49. The van der Waals surface area contributed by atoms with E-state index in [0.29, 0.717) is 19.6 Å². The van der Waals surface area contributed by atoms with Crippen molar-refractivity contribution in [3.63, 3.8) is 0 Å². The van der Waals surface area contributed by atoms with E-state index in [1.165, 1.54) is 10.6 Å². The predicted molar refractivity (Wildman–Crippen MR) is 51.9 cm³/mol. The zero-order valence-electron chi connectivity index (χ0n) is 8.10. The van der Waals surface area contributed by atoms with Crippen molar-refractivity contribution in [2.45, 2.75) is 6.04 Å². The van der Waals surface area contributed by atoms with Crippen molar-refractivity contribution in [2.24, 2.45) is 5.73 Å². The minimum atomic E-state index is -3.04. The van der Waals surface area contributed by atoms with Crippen LogP contribution >= 0.6 is 0 Å². The molecule has 1 aliphatic heterocycles. The van der Waals surface area contributed by atoms with E-state index in [9.17, 15) is 8.42 Å². The predicted octanol–water partition coefficient (Wildman–Crippen LogP) is -1.48. The lowest BCUT2D eigenvalue weighted by atomic mass is 10.2. The summed E-state index contributed by atoms with van der Waals surface area (Å²) in [6.07, 6.45) is 1.24. The van der Waals surface area contributed by atoms with Crippen molar-refractivity contribution in [3.8, 4) is 0 Å². The van der Waals surface area contributed by atoms with Gasteiger partial charge in [-0.25, -0.2) is 8.42 Å². The van der Waals surface area contributed by atoms with Gasteiger partial charge in [-0.05, 0) is 7.05 Å². The molecule has 2 N–H and O–H groups in total. The van der Waals surface area contributed by atoms with Gasteiger partial charge >= 0.3 is 0 Å². The van der Waals surface area contributed by atoms with Gasteiger partial charge in [-0.2, -0.15) is 4.31 Å². The molecule has 78 valence electrons. The maximum Gasteiger partial charge on any atom is 0.211 e. The summed E-state index contributed by atoms with van der Waals surface area (Å²) in [4.78, 5) is 2.10. The fourth-order valence-electron chi connectivity index (χ4n) is 1.47. The first-order valence-corrected chi connectivity index (χ1v) is 6.15. The van der Waals surface area contributed by atoms with Crippen molar-refractivity contribution < 1.29 is 8.42 Å². The number of piperazine rings is 1. The molecule has 0 aromatic heterocycles. The van der Waals surface area contributed by atoms with Crippen molar-refractivity contribution in [3.05, 3.63) is 0 Å². The molecule has 0 aromatic carbocycles. The molecule has 1 atom stereocenters. The van der Waals surface area contributed by atoms with Gasteiger partial charge in [-0.1, -0.05) is 0 Å². The Kier molecular flexibility index (Phi) is 3.28. The van der Waals surface area contributed by atoms with E-state index >= 15 is 0 Å². The maximum absolute atomic E-state index is 11.2. The van der Waals surface area contributed by atoms with Crippen LogP contribution < -0.4 is 5.73 Å². The number of likely N-dealkylation sites (N-methyl/N-ethyl adjacent to an activating group) is 1. The van der Waals surface area contributed by atoms with Crippen molar-refractivity contribution in [2.75, 3.05) is 39.5 Å². The number of hydrogen-bond acceptors (Lipinski definition) is 4. The van der Waals surface area contributed by atoms with Crippen molar-refractivity contribution >= 4 is 10.0 Å². The molecule has 0 saturated carbocycles. The minimum Gasteiger partial charge on any atom is -0.329 e. The second-order valence-corrected chi connectivity index (χ2v) is 5.47. The smallest absolute Gasteiger partial charge is 0.211 e. The van der Waals surface area contributed by atoms with Gasteiger partial charge in [-0.3, -0.25) is 4.90 Å². The first kappa shape index (κ1) is 10.9. The molecule has 13 heavy (non-hydrogen) atoms. The van der Waals surface area contributed by atoms with Crippen LogP contribution in [-0.4, -0.2) is 63.1 Å². The summed E-state index contributed by atoms with van der Waals surface area (Å²) in [7, 11) is -1.07.